The Hall–Kier alpha value is -2.76. The number of H-pyrrole nitrogens is 1. The van der Waals surface area contributed by atoms with Crippen LogP contribution in [-0.2, 0) is 19.5 Å². The smallest absolute Gasteiger partial charge is 0.317 e. The molecule has 0 fully saturated rings. The molecular formula is C19H23N3O3. The molecular weight excluding hydrogens is 318 g/mol. The second-order valence-corrected chi connectivity index (χ2v) is 6.41. The number of hydrogen-bond donors (Lipinski definition) is 2. The predicted octanol–water partition coefficient (Wildman–Crippen LogP) is 2.27. The topological polar surface area (TPSA) is 74.4 Å². The molecule has 2 aromatic rings. The average molecular weight is 341 g/mol. The first kappa shape index (κ1) is 17.1. The molecule has 0 saturated carbocycles. The maximum atomic E-state index is 12.5. The minimum absolute atomic E-state index is 0.147. The van der Waals surface area contributed by atoms with Crippen LogP contribution in [0.4, 0.5) is 4.79 Å². The van der Waals surface area contributed by atoms with Crippen LogP contribution >= 0.6 is 0 Å². The molecule has 132 valence electrons. The highest BCUT2D eigenvalue weighted by atomic mass is 16.5. The van der Waals surface area contributed by atoms with E-state index in [0.717, 1.165) is 29.0 Å². The molecule has 0 bridgehead atoms. The molecule has 25 heavy (non-hydrogen) atoms. The number of amides is 2. The van der Waals surface area contributed by atoms with Gasteiger partial charge in [0.15, 0.2) is 0 Å². The van der Waals surface area contributed by atoms with Crippen molar-refractivity contribution < 1.29 is 9.53 Å². The van der Waals surface area contributed by atoms with E-state index in [1.165, 1.54) is 5.56 Å². The first-order valence-electron chi connectivity index (χ1n) is 8.36. The van der Waals surface area contributed by atoms with Gasteiger partial charge in [0.2, 0.25) is 0 Å². The van der Waals surface area contributed by atoms with Gasteiger partial charge in [0.1, 0.15) is 5.75 Å². The molecule has 0 radical (unpaired) electrons. The van der Waals surface area contributed by atoms with Gasteiger partial charge < -0.3 is 19.9 Å². The van der Waals surface area contributed by atoms with Crippen LogP contribution in [0.3, 0.4) is 0 Å². The predicted molar refractivity (Wildman–Crippen MR) is 95.9 cm³/mol. The molecule has 3 rings (SSSR count). The molecule has 6 heteroatoms. The number of carbonyl (C=O) groups excluding carboxylic acids is 1. The van der Waals surface area contributed by atoms with Crippen LogP contribution in [0.1, 0.15) is 27.9 Å². The lowest BCUT2D eigenvalue weighted by molar-refractivity contribution is 0.192. The fraction of sp³-hybridized carbons (Fsp3) is 0.368. The molecule has 2 heterocycles. The van der Waals surface area contributed by atoms with Gasteiger partial charge in [0.25, 0.3) is 5.56 Å². The van der Waals surface area contributed by atoms with Crippen molar-refractivity contribution in [3.05, 3.63) is 62.6 Å². The average Bonchev–Trinajstić information content (AvgIpc) is 2.59. The van der Waals surface area contributed by atoms with E-state index in [9.17, 15) is 9.59 Å². The maximum Gasteiger partial charge on any atom is 0.317 e. The van der Waals surface area contributed by atoms with Crippen LogP contribution in [0.25, 0.3) is 0 Å². The van der Waals surface area contributed by atoms with Crippen molar-refractivity contribution in [2.24, 2.45) is 0 Å². The highest BCUT2D eigenvalue weighted by Gasteiger charge is 2.21. The number of methoxy groups -OCH3 is 1. The number of nitrogens with one attached hydrogen (secondary N) is 2. The summed E-state index contributed by atoms with van der Waals surface area (Å²) in [5, 5.41) is 2.86. The first-order chi connectivity index (χ1) is 12.0. The van der Waals surface area contributed by atoms with Crippen molar-refractivity contribution in [1.29, 1.82) is 0 Å². The molecule has 2 amide bonds. The number of rotatable bonds is 3. The van der Waals surface area contributed by atoms with Crippen molar-refractivity contribution in [1.82, 2.24) is 15.2 Å². The van der Waals surface area contributed by atoms with Gasteiger partial charge in [-0.3, -0.25) is 4.79 Å². The summed E-state index contributed by atoms with van der Waals surface area (Å²) in [4.78, 5) is 29.1. The van der Waals surface area contributed by atoms with Crippen molar-refractivity contribution >= 4 is 6.03 Å². The summed E-state index contributed by atoms with van der Waals surface area (Å²) < 4.78 is 5.26. The zero-order valence-corrected chi connectivity index (χ0v) is 14.8. The summed E-state index contributed by atoms with van der Waals surface area (Å²) in [5.41, 5.74) is 4.50. The third kappa shape index (κ3) is 3.68. The van der Waals surface area contributed by atoms with E-state index >= 15 is 0 Å². The Bertz CT molecular complexity index is 857. The van der Waals surface area contributed by atoms with Gasteiger partial charge in [0, 0.05) is 24.3 Å². The van der Waals surface area contributed by atoms with Gasteiger partial charge in [-0.15, -0.1) is 0 Å². The summed E-state index contributed by atoms with van der Waals surface area (Å²) >= 11 is 0. The number of aromatic nitrogens is 1. The Morgan fingerprint density at radius 1 is 1.28 bits per heavy atom. The number of carbonyl (C=O) groups is 1. The zero-order valence-electron chi connectivity index (χ0n) is 14.8. The van der Waals surface area contributed by atoms with E-state index in [-0.39, 0.29) is 18.1 Å². The molecule has 0 aliphatic carbocycles. The Morgan fingerprint density at radius 2 is 2.08 bits per heavy atom. The van der Waals surface area contributed by atoms with Gasteiger partial charge in [-0.1, -0.05) is 6.07 Å². The summed E-state index contributed by atoms with van der Waals surface area (Å²) in [6.07, 6.45) is 0.816. The quantitative estimate of drug-likeness (QED) is 0.899. The SMILES string of the molecule is COc1ccc2c(c1)CN(C(=O)NCc1c(C)cc(C)[nH]c1=O)CC2. The van der Waals surface area contributed by atoms with Crippen LogP contribution < -0.4 is 15.6 Å². The molecule has 0 unspecified atom stereocenters. The Labute approximate surface area is 146 Å². The number of urea groups is 1. The largest absolute Gasteiger partial charge is 0.497 e. The molecule has 2 N–H and O–H groups in total. The third-order valence-electron chi connectivity index (χ3n) is 4.62. The number of fused-ring (bicyclic) bond motifs is 1. The number of aromatic amines is 1. The second kappa shape index (κ2) is 7.01. The Kier molecular flexibility index (Phi) is 4.79. The van der Waals surface area contributed by atoms with Crippen molar-refractivity contribution in [3.8, 4) is 5.75 Å². The minimum Gasteiger partial charge on any atom is -0.497 e. The van der Waals surface area contributed by atoms with E-state index in [4.69, 9.17) is 4.74 Å². The fourth-order valence-electron chi connectivity index (χ4n) is 3.21. The molecule has 1 aromatic carbocycles. The van der Waals surface area contributed by atoms with Crippen LogP contribution in [-0.4, -0.2) is 29.6 Å². The number of nitrogens with zero attached hydrogens (tertiary/aromatic N) is 1. The Morgan fingerprint density at radius 3 is 2.80 bits per heavy atom. The van der Waals surface area contributed by atoms with E-state index in [2.05, 4.69) is 16.4 Å². The molecule has 1 aliphatic heterocycles. The van der Waals surface area contributed by atoms with Gasteiger partial charge in [-0.05, 0) is 55.2 Å². The standard InChI is InChI=1S/C19H23N3O3/c1-12-8-13(2)21-18(23)17(12)10-20-19(24)22-7-6-14-4-5-16(25-3)9-15(14)11-22/h4-5,8-9H,6-7,10-11H2,1-3H3,(H,20,24)(H,21,23). The van der Waals surface area contributed by atoms with Crippen molar-refractivity contribution in [3.63, 3.8) is 0 Å². The number of aryl methyl sites for hydroxylation is 2. The van der Waals surface area contributed by atoms with Gasteiger partial charge >= 0.3 is 6.03 Å². The van der Waals surface area contributed by atoms with E-state index in [0.29, 0.717) is 18.7 Å². The van der Waals surface area contributed by atoms with Crippen molar-refractivity contribution in [2.75, 3.05) is 13.7 Å². The molecule has 1 aliphatic rings. The second-order valence-electron chi connectivity index (χ2n) is 6.41. The number of pyridine rings is 1. The summed E-state index contributed by atoms with van der Waals surface area (Å²) in [6.45, 7) is 5.15. The van der Waals surface area contributed by atoms with Crippen molar-refractivity contribution in [2.45, 2.75) is 33.4 Å². The molecule has 0 atom stereocenters. The molecule has 0 saturated heterocycles. The lowest BCUT2D eigenvalue weighted by Gasteiger charge is -2.29. The minimum atomic E-state index is -0.159. The van der Waals surface area contributed by atoms with Crippen LogP contribution in [0.2, 0.25) is 0 Å². The summed E-state index contributed by atoms with van der Waals surface area (Å²) in [7, 11) is 1.64. The molecule has 1 aromatic heterocycles. The van der Waals surface area contributed by atoms with E-state index in [1.807, 2.05) is 32.0 Å². The maximum absolute atomic E-state index is 12.5. The zero-order chi connectivity index (χ0) is 18.0. The highest BCUT2D eigenvalue weighted by molar-refractivity contribution is 5.74. The molecule has 6 nitrogen and oxygen atoms in total. The highest BCUT2D eigenvalue weighted by Crippen LogP contribution is 2.23. The summed E-state index contributed by atoms with van der Waals surface area (Å²) in [5.74, 6) is 0.794. The van der Waals surface area contributed by atoms with Crippen LogP contribution in [0.5, 0.6) is 5.75 Å². The number of hydrogen-bond acceptors (Lipinski definition) is 3. The lowest BCUT2D eigenvalue weighted by Crippen LogP contribution is -2.43. The Balaban J connectivity index is 1.67. The first-order valence-corrected chi connectivity index (χ1v) is 8.36. The van der Waals surface area contributed by atoms with Crippen LogP contribution in [0, 0.1) is 13.8 Å². The monoisotopic (exact) mass is 341 g/mol. The third-order valence-corrected chi connectivity index (χ3v) is 4.62. The van der Waals surface area contributed by atoms with E-state index in [1.54, 1.807) is 12.0 Å². The fourth-order valence-corrected chi connectivity index (χ4v) is 3.21. The lowest BCUT2D eigenvalue weighted by atomic mass is 10.00. The normalized spacial score (nSPS) is 13.3. The van der Waals surface area contributed by atoms with Gasteiger partial charge in [-0.2, -0.15) is 0 Å². The number of ether oxygens (including phenoxy) is 1. The van der Waals surface area contributed by atoms with Crippen LogP contribution in [0.15, 0.2) is 29.1 Å². The van der Waals surface area contributed by atoms with Gasteiger partial charge in [0.05, 0.1) is 13.7 Å². The number of benzene rings is 1. The molecule has 0 spiro atoms. The van der Waals surface area contributed by atoms with Gasteiger partial charge in [-0.25, -0.2) is 4.79 Å². The van der Waals surface area contributed by atoms with E-state index < -0.39 is 0 Å². The summed E-state index contributed by atoms with van der Waals surface area (Å²) in [6, 6.07) is 7.73.